The van der Waals surface area contributed by atoms with Gasteiger partial charge < -0.3 is 30.7 Å². The van der Waals surface area contributed by atoms with E-state index in [2.05, 4.69) is 29.9 Å². The second-order valence-corrected chi connectivity index (χ2v) is 12.9. The number of hydrogen-bond acceptors (Lipinski definition) is 16. The van der Waals surface area contributed by atoms with Crippen LogP contribution in [-0.4, -0.2) is 86.5 Å². The molecule has 3 aliphatic heterocycles. The van der Waals surface area contributed by atoms with Crippen LogP contribution in [0.25, 0.3) is 22.3 Å². The molecule has 0 aromatic carbocycles. The van der Waals surface area contributed by atoms with Crippen LogP contribution in [0.2, 0.25) is 0 Å². The molecule has 8 N–H and O–H groups in total. The van der Waals surface area contributed by atoms with E-state index in [-0.39, 0.29) is 47.1 Å². The van der Waals surface area contributed by atoms with Gasteiger partial charge in [0, 0.05) is 12.8 Å². The molecule has 8 atom stereocenters. The number of phosphoric acid groups is 2. The van der Waals surface area contributed by atoms with Gasteiger partial charge in [0.1, 0.15) is 36.9 Å². The minimum atomic E-state index is -4.80. The van der Waals surface area contributed by atoms with E-state index in [1.165, 1.54) is 21.8 Å². The summed E-state index contributed by atoms with van der Waals surface area (Å²) in [5.41, 5.74) is 10.2. The fourth-order valence-corrected chi connectivity index (χ4v) is 7.23. The zero-order valence-corrected chi connectivity index (χ0v) is 23.9. The lowest BCUT2D eigenvalue weighted by molar-refractivity contribution is -0.0661. The standard InChI is InChI=1S/C20H24N10O12P2/c21-19-25-15-13(17(31)27-19)23-5-29(15)11-1-7-9(39-11)3-37-44(35,36)42-8-2-12(40-10(8)4-38-43(33,34)41-7)30-6-24-14-16(30)26-20(22)28-18(14)32/h5-12H,1-4H2,(H,33,34)(H,35,36)(H3,21,25,27,31)(H3,22,26,28,32)/t7?,8?,9-,10-,11-,12-/m1/s1. The van der Waals surface area contributed by atoms with Gasteiger partial charge in [-0.05, 0) is 0 Å². The first kappa shape index (κ1) is 29.2. The number of hydrogen-bond donors (Lipinski definition) is 6. The highest BCUT2D eigenvalue weighted by Crippen LogP contribution is 2.53. The minimum Gasteiger partial charge on any atom is -0.369 e. The van der Waals surface area contributed by atoms with Gasteiger partial charge in [-0.3, -0.25) is 46.8 Å². The molecule has 44 heavy (non-hydrogen) atoms. The van der Waals surface area contributed by atoms with Crippen LogP contribution < -0.4 is 22.6 Å². The van der Waals surface area contributed by atoms with Crippen LogP contribution in [0.3, 0.4) is 0 Å². The molecule has 0 bridgehead atoms. The van der Waals surface area contributed by atoms with Gasteiger partial charge in [-0.15, -0.1) is 0 Å². The second kappa shape index (κ2) is 10.5. The number of nitrogens with zero attached hydrogens (tertiary/aromatic N) is 6. The maximum atomic E-state index is 13.0. The van der Waals surface area contributed by atoms with Crippen LogP contribution in [0.5, 0.6) is 0 Å². The van der Waals surface area contributed by atoms with Gasteiger partial charge in [0.15, 0.2) is 22.3 Å². The summed E-state index contributed by atoms with van der Waals surface area (Å²) in [5, 5.41) is 0. The van der Waals surface area contributed by atoms with Crippen molar-refractivity contribution in [3.8, 4) is 0 Å². The Labute approximate surface area is 243 Å². The summed E-state index contributed by atoms with van der Waals surface area (Å²) in [7, 11) is -9.60. The third kappa shape index (κ3) is 5.34. The molecule has 0 aliphatic carbocycles. The summed E-state index contributed by atoms with van der Waals surface area (Å²) in [4.78, 5) is 66.4. The normalized spacial score (nSPS) is 34.9. The number of nitrogens with one attached hydrogen (secondary N) is 2. The van der Waals surface area contributed by atoms with E-state index in [0.29, 0.717) is 0 Å². The molecule has 0 amide bonds. The zero-order chi connectivity index (χ0) is 31.0. The van der Waals surface area contributed by atoms with Gasteiger partial charge in [0.2, 0.25) is 11.9 Å². The summed E-state index contributed by atoms with van der Waals surface area (Å²) >= 11 is 0. The van der Waals surface area contributed by atoms with Crippen molar-refractivity contribution in [3.63, 3.8) is 0 Å². The summed E-state index contributed by atoms with van der Waals surface area (Å²) in [6, 6.07) is 0. The topological polar surface area (TPSA) is 309 Å². The maximum Gasteiger partial charge on any atom is 0.472 e. The van der Waals surface area contributed by atoms with E-state index < -0.39 is 76.8 Å². The van der Waals surface area contributed by atoms with E-state index in [1.807, 2.05) is 0 Å². The molecule has 7 heterocycles. The third-order valence-corrected chi connectivity index (χ3v) is 9.25. The van der Waals surface area contributed by atoms with Crippen molar-refractivity contribution in [2.45, 2.75) is 49.7 Å². The van der Waals surface area contributed by atoms with E-state index in [9.17, 15) is 28.5 Å². The predicted octanol–water partition coefficient (Wildman–Crippen LogP) is -0.990. The molecule has 0 spiro atoms. The highest BCUT2D eigenvalue weighted by atomic mass is 31.2. The van der Waals surface area contributed by atoms with E-state index in [1.54, 1.807) is 0 Å². The van der Waals surface area contributed by atoms with Crippen LogP contribution in [0, 0.1) is 0 Å². The molecule has 3 saturated heterocycles. The first-order valence-electron chi connectivity index (χ1n) is 12.9. The number of fused-ring (bicyclic) bond motifs is 4. The van der Waals surface area contributed by atoms with Gasteiger partial charge in [-0.2, -0.15) is 9.97 Å². The number of nitrogens with two attached hydrogens (primary N) is 2. The van der Waals surface area contributed by atoms with Gasteiger partial charge in [-0.1, -0.05) is 0 Å². The number of aromatic amines is 2. The summed E-state index contributed by atoms with van der Waals surface area (Å²) in [5.74, 6) is -0.351. The first-order valence-corrected chi connectivity index (χ1v) is 15.9. The predicted molar refractivity (Wildman–Crippen MR) is 143 cm³/mol. The largest absolute Gasteiger partial charge is 0.472 e. The zero-order valence-electron chi connectivity index (χ0n) is 22.2. The maximum absolute atomic E-state index is 13.0. The molecule has 22 nitrogen and oxygen atoms in total. The molecule has 4 aromatic rings. The Morgan fingerprint density at radius 2 is 1.16 bits per heavy atom. The summed E-state index contributed by atoms with van der Waals surface area (Å²) in [6.07, 6.45) is -4.37. The Kier molecular flexibility index (Phi) is 6.97. The molecule has 24 heteroatoms. The molecular weight excluding hydrogens is 634 g/mol. The van der Waals surface area contributed by atoms with Crippen LogP contribution in [0.15, 0.2) is 22.2 Å². The Morgan fingerprint density at radius 3 is 1.57 bits per heavy atom. The van der Waals surface area contributed by atoms with Crippen molar-refractivity contribution in [2.24, 2.45) is 0 Å². The molecule has 4 aromatic heterocycles. The SMILES string of the molecule is Nc1nc2c(ncn2[C@H]2CC3OP(=O)(O)OC[C@H]4O[C@@H](n5cnc6c(=O)[nH]c(N)nc65)CC4OP(=O)(O)OC[C@H]3O2)c(=O)[nH]1. The fraction of sp³-hybridized carbons (Fsp3) is 0.500. The molecule has 236 valence electrons. The average molecular weight is 658 g/mol. The summed E-state index contributed by atoms with van der Waals surface area (Å²) < 4.78 is 61.9. The smallest absolute Gasteiger partial charge is 0.369 e. The van der Waals surface area contributed by atoms with Crippen molar-refractivity contribution in [3.05, 3.63) is 33.4 Å². The molecular formula is C20H24N10O12P2. The number of nitrogen functional groups attached to an aromatic ring is 2. The molecule has 4 unspecified atom stereocenters. The van der Waals surface area contributed by atoms with Crippen molar-refractivity contribution < 1.29 is 46.5 Å². The Morgan fingerprint density at radius 1 is 0.750 bits per heavy atom. The van der Waals surface area contributed by atoms with Crippen molar-refractivity contribution in [1.82, 2.24) is 39.0 Å². The molecule has 7 rings (SSSR count). The highest BCUT2D eigenvalue weighted by Gasteiger charge is 2.47. The van der Waals surface area contributed by atoms with Crippen LogP contribution in [-0.2, 0) is 36.7 Å². The number of rotatable bonds is 2. The van der Waals surface area contributed by atoms with Gasteiger partial charge >= 0.3 is 15.6 Å². The summed E-state index contributed by atoms with van der Waals surface area (Å²) in [6.45, 7) is -1.23. The van der Waals surface area contributed by atoms with Crippen LogP contribution in [0.4, 0.5) is 11.9 Å². The molecule has 3 aliphatic rings. The second-order valence-electron chi connectivity index (χ2n) is 10.1. The fourth-order valence-electron chi connectivity index (χ4n) is 5.31. The average Bonchev–Trinajstić information content (AvgIpc) is 3.70. The lowest BCUT2D eigenvalue weighted by atomic mass is 10.2. The van der Waals surface area contributed by atoms with Crippen molar-refractivity contribution in [1.29, 1.82) is 0 Å². The van der Waals surface area contributed by atoms with Crippen LogP contribution >= 0.6 is 15.6 Å². The van der Waals surface area contributed by atoms with Crippen LogP contribution in [0.1, 0.15) is 25.3 Å². The lowest BCUT2D eigenvalue weighted by Crippen LogP contribution is -2.32. The number of ether oxygens (including phenoxy) is 2. The molecule has 3 fully saturated rings. The van der Waals surface area contributed by atoms with Crippen molar-refractivity contribution in [2.75, 3.05) is 24.7 Å². The van der Waals surface area contributed by atoms with Gasteiger partial charge in [0.25, 0.3) is 11.1 Å². The Balaban J connectivity index is 1.13. The number of phosphoric ester groups is 2. The minimum absolute atomic E-state index is 0.0325. The quantitative estimate of drug-likeness (QED) is 0.141. The van der Waals surface area contributed by atoms with Crippen molar-refractivity contribution >= 4 is 49.9 Å². The third-order valence-electron chi connectivity index (χ3n) is 7.22. The van der Waals surface area contributed by atoms with Gasteiger partial charge in [-0.25, -0.2) is 19.1 Å². The number of anilines is 2. The number of aromatic nitrogens is 8. The van der Waals surface area contributed by atoms with E-state index in [4.69, 9.17) is 39.0 Å². The highest BCUT2D eigenvalue weighted by molar-refractivity contribution is 7.47. The monoisotopic (exact) mass is 658 g/mol. The number of imidazole rings is 2. The van der Waals surface area contributed by atoms with Gasteiger partial charge in [0.05, 0.1) is 25.9 Å². The Bertz CT molecular complexity index is 1840. The van der Waals surface area contributed by atoms with E-state index in [0.717, 1.165) is 0 Å². The molecule has 0 saturated carbocycles. The Hall–Kier alpha value is -3.56. The van der Waals surface area contributed by atoms with E-state index >= 15 is 0 Å². The lowest BCUT2D eigenvalue weighted by Gasteiger charge is -2.26. The first-order chi connectivity index (χ1) is 20.9. The number of H-pyrrole nitrogens is 2. The molecule has 0 radical (unpaired) electrons.